The lowest BCUT2D eigenvalue weighted by atomic mass is 10.0. The van der Waals surface area contributed by atoms with Crippen LogP contribution in [-0.4, -0.2) is 24.1 Å². The van der Waals surface area contributed by atoms with E-state index in [0.29, 0.717) is 12.3 Å². The van der Waals surface area contributed by atoms with Crippen LogP contribution in [0.3, 0.4) is 0 Å². The molecule has 0 saturated heterocycles. The van der Waals surface area contributed by atoms with Gasteiger partial charge in [0, 0.05) is 13.0 Å². The van der Waals surface area contributed by atoms with Crippen molar-refractivity contribution in [2.24, 2.45) is 4.99 Å². The van der Waals surface area contributed by atoms with Gasteiger partial charge in [-0.3, -0.25) is 4.99 Å². The summed E-state index contributed by atoms with van der Waals surface area (Å²) in [6.45, 7) is 3.25. The zero-order valence-electron chi connectivity index (χ0n) is 13.4. The monoisotopic (exact) mass is 306 g/mol. The van der Waals surface area contributed by atoms with Crippen LogP contribution in [0.25, 0.3) is 0 Å². The third-order valence-electron chi connectivity index (χ3n) is 4.15. The van der Waals surface area contributed by atoms with Crippen LogP contribution < -0.4 is 5.32 Å². The van der Waals surface area contributed by atoms with E-state index in [1.807, 2.05) is 0 Å². The van der Waals surface area contributed by atoms with Crippen molar-refractivity contribution in [2.75, 3.05) is 6.54 Å². The normalized spacial score (nSPS) is 22.2. The predicted molar refractivity (Wildman–Crippen MR) is 81.7 cm³/mol. The third-order valence-corrected chi connectivity index (χ3v) is 4.15. The van der Waals surface area contributed by atoms with E-state index in [1.165, 1.54) is 44.9 Å². The summed E-state index contributed by atoms with van der Waals surface area (Å²) in [5.41, 5.74) is -1.93. The number of hydrogen-bond acceptors (Lipinski definition) is 2. The molecule has 0 amide bonds. The van der Waals surface area contributed by atoms with Crippen molar-refractivity contribution in [3.63, 3.8) is 0 Å². The van der Waals surface area contributed by atoms with Gasteiger partial charge in [-0.15, -0.1) is 0 Å². The second-order valence-electron chi connectivity index (χ2n) is 6.26. The van der Waals surface area contributed by atoms with Gasteiger partial charge >= 0.3 is 6.18 Å². The molecule has 1 rings (SSSR count). The van der Waals surface area contributed by atoms with E-state index in [1.54, 1.807) is 0 Å². The predicted octanol–water partition coefficient (Wildman–Crippen LogP) is 5.23. The van der Waals surface area contributed by atoms with Crippen molar-refractivity contribution in [1.29, 1.82) is 0 Å². The second kappa shape index (κ2) is 8.64. The summed E-state index contributed by atoms with van der Waals surface area (Å²) in [5, 5.41) is 2.81. The van der Waals surface area contributed by atoms with Gasteiger partial charge in [0.15, 0.2) is 5.54 Å². The van der Waals surface area contributed by atoms with Gasteiger partial charge in [-0.1, -0.05) is 58.3 Å². The van der Waals surface area contributed by atoms with Crippen molar-refractivity contribution in [3.8, 4) is 0 Å². The first-order chi connectivity index (χ1) is 9.89. The van der Waals surface area contributed by atoms with Crippen LogP contribution in [0.2, 0.25) is 0 Å². The molecule has 21 heavy (non-hydrogen) atoms. The Bertz CT molecular complexity index is 326. The zero-order chi connectivity index (χ0) is 15.8. The molecular formula is C16H29F3N2. The van der Waals surface area contributed by atoms with E-state index < -0.39 is 11.7 Å². The highest BCUT2D eigenvalue weighted by Gasteiger charge is 2.53. The molecule has 0 saturated carbocycles. The summed E-state index contributed by atoms with van der Waals surface area (Å²) in [7, 11) is 0. The summed E-state index contributed by atoms with van der Waals surface area (Å²) in [6.07, 6.45) is 7.31. The van der Waals surface area contributed by atoms with Gasteiger partial charge in [-0.2, -0.15) is 13.2 Å². The van der Waals surface area contributed by atoms with E-state index in [-0.39, 0.29) is 6.54 Å². The Balaban J connectivity index is 2.08. The lowest BCUT2D eigenvalue weighted by Gasteiger charge is -2.22. The van der Waals surface area contributed by atoms with Gasteiger partial charge in [0.25, 0.3) is 0 Å². The maximum atomic E-state index is 12.8. The van der Waals surface area contributed by atoms with Gasteiger partial charge in [-0.25, -0.2) is 0 Å². The number of aliphatic imine (C=N–C) groups is 1. The Hall–Kier alpha value is -0.740. The Labute approximate surface area is 126 Å². The molecule has 0 radical (unpaired) electrons. The Morgan fingerprint density at radius 1 is 1.00 bits per heavy atom. The number of halogens is 3. The maximum absolute atomic E-state index is 12.8. The van der Waals surface area contributed by atoms with Crippen LogP contribution in [0.1, 0.15) is 78.1 Å². The molecule has 1 N–H and O–H groups in total. The fraction of sp³-hybridized carbons (Fsp3) is 0.938. The van der Waals surface area contributed by atoms with Crippen molar-refractivity contribution in [3.05, 3.63) is 0 Å². The summed E-state index contributed by atoms with van der Waals surface area (Å²) >= 11 is 0. The minimum Gasteiger partial charge on any atom is -0.371 e. The fourth-order valence-corrected chi connectivity index (χ4v) is 2.56. The largest absolute Gasteiger partial charge is 0.415 e. The number of amidine groups is 1. The molecule has 0 bridgehead atoms. The van der Waals surface area contributed by atoms with Gasteiger partial charge in [0.1, 0.15) is 0 Å². The molecule has 1 heterocycles. The summed E-state index contributed by atoms with van der Waals surface area (Å²) in [6, 6.07) is 0. The average Bonchev–Trinajstić information content (AvgIpc) is 2.80. The quantitative estimate of drug-likeness (QED) is 0.549. The van der Waals surface area contributed by atoms with E-state index >= 15 is 0 Å². The van der Waals surface area contributed by atoms with E-state index in [4.69, 9.17) is 0 Å². The van der Waals surface area contributed by atoms with E-state index in [9.17, 15) is 13.2 Å². The molecule has 0 aromatic heterocycles. The van der Waals surface area contributed by atoms with Crippen molar-refractivity contribution >= 4 is 5.84 Å². The molecule has 0 aliphatic carbocycles. The fourth-order valence-electron chi connectivity index (χ4n) is 2.56. The lowest BCUT2D eigenvalue weighted by Crippen LogP contribution is -2.43. The smallest absolute Gasteiger partial charge is 0.371 e. The van der Waals surface area contributed by atoms with Gasteiger partial charge in [0.05, 0.1) is 5.84 Å². The second-order valence-corrected chi connectivity index (χ2v) is 6.26. The molecule has 2 nitrogen and oxygen atoms in total. The maximum Gasteiger partial charge on any atom is 0.415 e. The number of unbranched alkanes of at least 4 members (excludes halogenated alkanes) is 8. The zero-order valence-corrected chi connectivity index (χ0v) is 13.4. The molecule has 0 fully saturated rings. The Morgan fingerprint density at radius 3 is 2.00 bits per heavy atom. The van der Waals surface area contributed by atoms with Crippen LogP contribution >= 0.6 is 0 Å². The minimum absolute atomic E-state index is 0.122. The molecule has 0 aromatic carbocycles. The van der Waals surface area contributed by atoms with Gasteiger partial charge < -0.3 is 5.32 Å². The van der Waals surface area contributed by atoms with E-state index in [2.05, 4.69) is 17.2 Å². The molecule has 124 valence electrons. The van der Waals surface area contributed by atoms with Crippen LogP contribution in [-0.2, 0) is 0 Å². The summed E-state index contributed by atoms with van der Waals surface area (Å²) in [4.78, 5) is 3.84. The number of hydrogen-bond donors (Lipinski definition) is 1. The summed E-state index contributed by atoms with van der Waals surface area (Å²) < 4.78 is 38.4. The number of alkyl halides is 3. The van der Waals surface area contributed by atoms with Crippen LogP contribution in [0.4, 0.5) is 13.2 Å². The van der Waals surface area contributed by atoms with Gasteiger partial charge in [0.2, 0.25) is 0 Å². The third kappa shape index (κ3) is 6.27. The Morgan fingerprint density at radius 2 is 1.52 bits per heavy atom. The first kappa shape index (κ1) is 18.3. The standard InChI is InChI=1S/C16H29F3N2/c1-3-4-5-6-7-8-9-10-11-12-14-20-13-15(2,21-14)16(17,18)19/h3-13H2,1-2H3,(H,20,21). The topological polar surface area (TPSA) is 24.4 Å². The molecule has 0 spiro atoms. The van der Waals surface area contributed by atoms with Crippen LogP contribution in [0, 0.1) is 0 Å². The highest BCUT2D eigenvalue weighted by molar-refractivity contribution is 5.84. The first-order valence-corrected chi connectivity index (χ1v) is 8.28. The molecule has 1 unspecified atom stereocenters. The van der Waals surface area contributed by atoms with E-state index in [0.717, 1.165) is 19.8 Å². The van der Waals surface area contributed by atoms with Crippen LogP contribution in [0.15, 0.2) is 4.99 Å². The van der Waals surface area contributed by atoms with Crippen LogP contribution in [0.5, 0.6) is 0 Å². The number of rotatable bonds is 10. The van der Waals surface area contributed by atoms with Crippen molar-refractivity contribution in [2.45, 2.75) is 89.8 Å². The molecule has 1 atom stereocenters. The first-order valence-electron chi connectivity index (χ1n) is 8.28. The number of nitrogens with one attached hydrogen (secondary N) is 1. The van der Waals surface area contributed by atoms with Gasteiger partial charge in [-0.05, 0) is 13.3 Å². The number of nitrogens with zero attached hydrogens (tertiary/aromatic N) is 1. The highest BCUT2D eigenvalue weighted by atomic mass is 19.4. The molecule has 1 aliphatic heterocycles. The molecular weight excluding hydrogens is 277 g/mol. The molecule has 0 aromatic rings. The highest BCUT2D eigenvalue weighted by Crippen LogP contribution is 2.35. The minimum atomic E-state index is -4.26. The SMILES string of the molecule is CCCCCCCCCCCC1=NC(C)(C(F)(F)F)CN1. The lowest BCUT2D eigenvalue weighted by molar-refractivity contribution is -0.175. The average molecular weight is 306 g/mol. The molecule has 5 heteroatoms. The van der Waals surface area contributed by atoms with Crippen molar-refractivity contribution < 1.29 is 13.2 Å². The van der Waals surface area contributed by atoms with Crippen molar-refractivity contribution in [1.82, 2.24) is 5.32 Å². The molecule has 1 aliphatic rings. The summed E-state index contributed by atoms with van der Waals surface area (Å²) in [5.74, 6) is 0.526. The Kier molecular flexibility index (Phi) is 7.53.